The second-order valence-corrected chi connectivity index (χ2v) is 6.21. The van der Waals surface area contributed by atoms with Crippen molar-refractivity contribution in [1.82, 2.24) is 0 Å². The summed E-state index contributed by atoms with van der Waals surface area (Å²) in [6.45, 7) is 10.0. The van der Waals surface area contributed by atoms with Crippen LogP contribution in [0, 0.1) is 34.6 Å². The molecule has 1 amide bonds. The van der Waals surface area contributed by atoms with Gasteiger partial charge in [0.25, 0.3) is 5.91 Å². The number of anilines is 1. The summed E-state index contributed by atoms with van der Waals surface area (Å²) >= 11 is 0. The maximum absolute atomic E-state index is 12.7. The maximum atomic E-state index is 12.7. The predicted molar refractivity (Wildman–Crippen MR) is 94.3 cm³/mol. The Morgan fingerprint density at radius 1 is 0.913 bits per heavy atom. The number of para-hydroxylation sites is 1. The van der Waals surface area contributed by atoms with Crippen LogP contribution >= 0.6 is 0 Å². The molecule has 1 heterocycles. The average molecular weight is 307 g/mol. The second kappa shape index (κ2) is 5.58. The van der Waals surface area contributed by atoms with Gasteiger partial charge in [0.15, 0.2) is 5.76 Å². The van der Waals surface area contributed by atoms with E-state index in [0.717, 1.165) is 38.9 Å². The number of hydrogen-bond acceptors (Lipinski definition) is 2. The summed E-state index contributed by atoms with van der Waals surface area (Å²) in [6.07, 6.45) is 0. The first-order valence-electron chi connectivity index (χ1n) is 7.76. The van der Waals surface area contributed by atoms with Crippen LogP contribution in [0.5, 0.6) is 0 Å². The van der Waals surface area contributed by atoms with Crippen molar-refractivity contribution in [2.45, 2.75) is 34.6 Å². The molecule has 0 unspecified atom stereocenters. The van der Waals surface area contributed by atoms with Crippen LogP contribution in [0.25, 0.3) is 11.0 Å². The zero-order valence-corrected chi connectivity index (χ0v) is 14.2. The van der Waals surface area contributed by atoms with Gasteiger partial charge in [0, 0.05) is 16.6 Å². The molecule has 0 saturated carbocycles. The van der Waals surface area contributed by atoms with Crippen molar-refractivity contribution in [3.05, 3.63) is 63.9 Å². The summed E-state index contributed by atoms with van der Waals surface area (Å²) in [4.78, 5) is 12.7. The highest BCUT2D eigenvalue weighted by atomic mass is 16.3. The minimum Gasteiger partial charge on any atom is -0.451 e. The van der Waals surface area contributed by atoms with E-state index in [1.165, 1.54) is 5.56 Å². The number of hydrogen-bond donors (Lipinski definition) is 1. The zero-order valence-electron chi connectivity index (χ0n) is 14.2. The third-order valence-electron chi connectivity index (χ3n) is 4.48. The van der Waals surface area contributed by atoms with E-state index in [4.69, 9.17) is 4.42 Å². The number of furan rings is 1. The number of nitrogens with one attached hydrogen (secondary N) is 1. The van der Waals surface area contributed by atoms with Crippen molar-refractivity contribution in [2.24, 2.45) is 0 Å². The van der Waals surface area contributed by atoms with Crippen molar-refractivity contribution < 1.29 is 9.21 Å². The second-order valence-electron chi connectivity index (χ2n) is 6.21. The molecule has 0 saturated heterocycles. The van der Waals surface area contributed by atoms with Gasteiger partial charge in [0.2, 0.25) is 0 Å². The third kappa shape index (κ3) is 2.63. The van der Waals surface area contributed by atoms with Crippen LogP contribution in [0.15, 0.2) is 34.7 Å². The molecule has 0 fully saturated rings. The Morgan fingerprint density at radius 2 is 1.52 bits per heavy atom. The molecule has 0 aliphatic carbocycles. The van der Waals surface area contributed by atoms with E-state index in [1.54, 1.807) is 0 Å². The van der Waals surface area contributed by atoms with Crippen molar-refractivity contribution in [3.8, 4) is 0 Å². The first-order valence-corrected chi connectivity index (χ1v) is 7.76. The van der Waals surface area contributed by atoms with Gasteiger partial charge in [-0.3, -0.25) is 4.79 Å². The number of aryl methyl sites for hydroxylation is 5. The van der Waals surface area contributed by atoms with E-state index in [1.807, 2.05) is 52.0 Å². The summed E-state index contributed by atoms with van der Waals surface area (Å²) in [5.74, 6) is 0.180. The van der Waals surface area contributed by atoms with E-state index in [2.05, 4.69) is 18.3 Å². The van der Waals surface area contributed by atoms with Gasteiger partial charge in [-0.1, -0.05) is 18.2 Å². The molecule has 3 heteroatoms. The van der Waals surface area contributed by atoms with Crippen LogP contribution in [0.1, 0.15) is 38.4 Å². The first-order chi connectivity index (χ1) is 10.9. The molecule has 2 aromatic carbocycles. The topological polar surface area (TPSA) is 42.2 Å². The van der Waals surface area contributed by atoms with Crippen molar-refractivity contribution in [2.75, 3.05) is 5.32 Å². The Balaban J connectivity index is 2.03. The summed E-state index contributed by atoms with van der Waals surface area (Å²) in [6, 6.07) is 10.0. The number of fused-ring (bicyclic) bond motifs is 1. The predicted octanol–water partition coefficient (Wildman–Crippen LogP) is 5.23. The molecule has 0 bridgehead atoms. The molecule has 0 spiro atoms. The summed E-state index contributed by atoms with van der Waals surface area (Å²) in [5, 5.41) is 3.99. The normalized spacial score (nSPS) is 11.0. The van der Waals surface area contributed by atoms with Gasteiger partial charge in [-0.05, 0) is 69.0 Å². The van der Waals surface area contributed by atoms with Gasteiger partial charge >= 0.3 is 0 Å². The molecular weight excluding hydrogens is 286 g/mol. The molecule has 0 aliphatic rings. The Morgan fingerprint density at radius 3 is 2.17 bits per heavy atom. The van der Waals surface area contributed by atoms with Crippen LogP contribution in [0.3, 0.4) is 0 Å². The Labute approximate surface area is 136 Å². The van der Waals surface area contributed by atoms with Crippen LogP contribution < -0.4 is 5.32 Å². The lowest BCUT2D eigenvalue weighted by Gasteiger charge is -2.10. The highest BCUT2D eigenvalue weighted by Crippen LogP contribution is 2.29. The van der Waals surface area contributed by atoms with E-state index in [0.29, 0.717) is 5.76 Å². The van der Waals surface area contributed by atoms with Gasteiger partial charge in [0.1, 0.15) is 5.58 Å². The van der Waals surface area contributed by atoms with Gasteiger partial charge in [-0.25, -0.2) is 0 Å². The molecule has 1 aromatic heterocycles. The van der Waals surface area contributed by atoms with E-state index in [-0.39, 0.29) is 5.91 Å². The van der Waals surface area contributed by atoms with Crippen molar-refractivity contribution in [1.29, 1.82) is 0 Å². The SMILES string of the molecule is Cc1cc2oc(C(=O)Nc3c(C)cccc3C)c(C)c2cc1C. The molecule has 3 nitrogen and oxygen atoms in total. The highest BCUT2D eigenvalue weighted by molar-refractivity contribution is 6.07. The number of rotatable bonds is 2. The molecule has 0 aliphatic heterocycles. The Hall–Kier alpha value is -2.55. The van der Waals surface area contributed by atoms with Gasteiger partial charge in [0.05, 0.1) is 0 Å². The van der Waals surface area contributed by atoms with E-state index < -0.39 is 0 Å². The fourth-order valence-electron chi connectivity index (χ4n) is 2.87. The molecule has 3 rings (SSSR count). The maximum Gasteiger partial charge on any atom is 0.291 e. The largest absolute Gasteiger partial charge is 0.451 e. The highest BCUT2D eigenvalue weighted by Gasteiger charge is 2.19. The number of carbonyl (C=O) groups is 1. The fraction of sp³-hybridized carbons (Fsp3) is 0.250. The first kappa shape index (κ1) is 15.3. The number of benzene rings is 2. The zero-order chi connectivity index (χ0) is 16.7. The lowest BCUT2D eigenvalue weighted by Crippen LogP contribution is -2.14. The summed E-state index contributed by atoms with van der Waals surface area (Å²) < 4.78 is 5.84. The molecule has 23 heavy (non-hydrogen) atoms. The Bertz CT molecular complexity index is 899. The fourth-order valence-corrected chi connectivity index (χ4v) is 2.87. The van der Waals surface area contributed by atoms with E-state index >= 15 is 0 Å². The minimum atomic E-state index is -0.202. The molecule has 0 atom stereocenters. The lowest BCUT2D eigenvalue weighted by molar-refractivity contribution is 0.0997. The van der Waals surface area contributed by atoms with Crippen LogP contribution in [0.2, 0.25) is 0 Å². The van der Waals surface area contributed by atoms with Crippen LogP contribution in [0.4, 0.5) is 5.69 Å². The Kier molecular flexibility index (Phi) is 3.72. The molecule has 0 radical (unpaired) electrons. The van der Waals surface area contributed by atoms with Crippen LogP contribution in [-0.4, -0.2) is 5.91 Å². The number of carbonyl (C=O) groups excluding carboxylic acids is 1. The monoisotopic (exact) mass is 307 g/mol. The van der Waals surface area contributed by atoms with Crippen LogP contribution in [-0.2, 0) is 0 Å². The van der Waals surface area contributed by atoms with Crippen molar-refractivity contribution in [3.63, 3.8) is 0 Å². The molecule has 118 valence electrons. The standard InChI is InChI=1S/C20H21NO2/c1-11-7-6-8-12(2)18(11)21-20(22)19-15(5)16-9-13(3)14(4)10-17(16)23-19/h6-10H,1-5H3,(H,21,22). The quantitative estimate of drug-likeness (QED) is 0.704. The third-order valence-corrected chi connectivity index (χ3v) is 4.48. The smallest absolute Gasteiger partial charge is 0.291 e. The minimum absolute atomic E-state index is 0.202. The number of amides is 1. The molecule has 1 N–H and O–H groups in total. The van der Waals surface area contributed by atoms with Gasteiger partial charge in [-0.2, -0.15) is 0 Å². The van der Waals surface area contributed by atoms with Crippen molar-refractivity contribution >= 4 is 22.6 Å². The summed E-state index contributed by atoms with van der Waals surface area (Å²) in [5.41, 5.74) is 6.93. The average Bonchev–Trinajstić information content (AvgIpc) is 2.80. The molecule has 3 aromatic rings. The van der Waals surface area contributed by atoms with E-state index in [9.17, 15) is 4.79 Å². The molecular formula is C20H21NO2. The lowest BCUT2D eigenvalue weighted by atomic mass is 10.0. The summed E-state index contributed by atoms with van der Waals surface area (Å²) in [7, 11) is 0. The van der Waals surface area contributed by atoms with Gasteiger partial charge < -0.3 is 9.73 Å². The van der Waals surface area contributed by atoms with Gasteiger partial charge in [-0.15, -0.1) is 0 Å².